The summed E-state index contributed by atoms with van der Waals surface area (Å²) in [5.74, 6) is 0.0533. The predicted octanol–water partition coefficient (Wildman–Crippen LogP) is 4.30. The topological polar surface area (TPSA) is 20.3 Å². The van der Waals surface area contributed by atoms with Gasteiger partial charge < -0.3 is 0 Å². The number of allylic oxidation sites excluding steroid dienone is 1. The molecule has 1 saturated heterocycles. The lowest BCUT2D eigenvalue weighted by Gasteiger charge is -2.12. The molecule has 0 spiro atoms. The SMILES string of the molecule is CCCN1C(=O)/C(=C(\C)c2ccc(C)c(C)c2)SC1=S. The number of thioether (sulfide) groups is 1. The van der Waals surface area contributed by atoms with Gasteiger partial charge in [0.25, 0.3) is 5.91 Å². The van der Waals surface area contributed by atoms with E-state index < -0.39 is 0 Å². The summed E-state index contributed by atoms with van der Waals surface area (Å²) in [5, 5.41) is 0. The summed E-state index contributed by atoms with van der Waals surface area (Å²) in [6, 6.07) is 6.31. The van der Waals surface area contributed by atoms with Crippen molar-refractivity contribution in [2.75, 3.05) is 6.54 Å². The number of benzene rings is 1. The highest BCUT2D eigenvalue weighted by molar-refractivity contribution is 8.26. The number of nitrogens with zero attached hydrogens (tertiary/aromatic N) is 1. The van der Waals surface area contributed by atoms with Gasteiger partial charge in [-0.3, -0.25) is 9.69 Å². The van der Waals surface area contributed by atoms with E-state index in [-0.39, 0.29) is 5.91 Å². The molecule has 0 unspecified atom stereocenters. The Morgan fingerprint density at radius 1 is 1.30 bits per heavy atom. The van der Waals surface area contributed by atoms with Gasteiger partial charge in [-0.25, -0.2) is 0 Å². The summed E-state index contributed by atoms with van der Waals surface area (Å²) < 4.78 is 0.676. The predicted molar refractivity (Wildman–Crippen MR) is 90.7 cm³/mol. The molecule has 0 N–H and O–H groups in total. The smallest absolute Gasteiger partial charge is 0.266 e. The average molecular weight is 305 g/mol. The van der Waals surface area contributed by atoms with Gasteiger partial charge in [-0.15, -0.1) is 0 Å². The Labute approximate surface area is 130 Å². The number of rotatable bonds is 3. The van der Waals surface area contributed by atoms with Crippen LogP contribution in [0.4, 0.5) is 0 Å². The van der Waals surface area contributed by atoms with Gasteiger partial charge in [-0.2, -0.15) is 0 Å². The zero-order valence-corrected chi connectivity index (χ0v) is 14.0. The zero-order chi connectivity index (χ0) is 14.9. The van der Waals surface area contributed by atoms with Crippen LogP contribution in [0.5, 0.6) is 0 Å². The fraction of sp³-hybridized carbons (Fsp3) is 0.375. The summed E-state index contributed by atoms with van der Waals surface area (Å²) in [5.41, 5.74) is 4.63. The zero-order valence-electron chi connectivity index (χ0n) is 12.3. The van der Waals surface area contributed by atoms with Crippen molar-refractivity contribution in [2.24, 2.45) is 0 Å². The second-order valence-electron chi connectivity index (χ2n) is 5.08. The number of hydrogen-bond acceptors (Lipinski definition) is 3. The van der Waals surface area contributed by atoms with Crippen molar-refractivity contribution in [3.05, 3.63) is 39.8 Å². The first-order valence-corrected chi connectivity index (χ1v) is 8.00. The summed E-state index contributed by atoms with van der Waals surface area (Å²) >= 11 is 6.73. The molecule has 0 aromatic heterocycles. The molecule has 106 valence electrons. The Balaban J connectivity index is 2.39. The third kappa shape index (κ3) is 2.81. The van der Waals surface area contributed by atoms with E-state index in [1.54, 1.807) is 4.90 Å². The highest BCUT2D eigenvalue weighted by Crippen LogP contribution is 2.36. The molecule has 1 fully saturated rings. The fourth-order valence-corrected chi connectivity index (χ4v) is 3.50. The van der Waals surface area contributed by atoms with Crippen LogP contribution in [0.15, 0.2) is 23.1 Å². The Kier molecular flexibility index (Phi) is 4.66. The molecule has 0 radical (unpaired) electrons. The molecule has 0 bridgehead atoms. The lowest BCUT2D eigenvalue weighted by atomic mass is 10.0. The van der Waals surface area contributed by atoms with Crippen LogP contribution in [0.2, 0.25) is 0 Å². The quantitative estimate of drug-likeness (QED) is 0.613. The van der Waals surface area contributed by atoms with Crippen molar-refractivity contribution in [2.45, 2.75) is 34.1 Å². The largest absolute Gasteiger partial charge is 0.293 e. The molecule has 1 aliphatic rings. The summed E-state index contributed by atoms with van der Waals surface area (Å²) in [4.78, 5) is 14.9. The molecule has 1 heterocycles. The lowest BCUT2D eigenvalue weighted by molar-refractivity contribution is -0.122. The van der Waals surface area contributed by atoms with Crippen LogP contribution in [-0.2, 0) is 4.79 Å². The molecule has 1 aromatic carbocycles. The Bertz CT molecular complexity index is 604. The van der Waals surface area contributed by atoms with Crippen molar-refractivity contribution in [3.8, 4) is 0 Å². The third-order valence-electron chi connectivity index (χ3n) is 3.58. The second-order valence-corrected chi connectivity index (χ2v) is 6.72. The van der Waals surface area contributed by atoms with Crippen molar-refractivity contribution in [3.63, 3.8) is 0 Å². The van der Waals surface area contributed by atoms with Crippen LogP contribution in [0.25, 0.3) is 5.57 Å². The monoisotopic (exact) mass is 305 g/mol. The minimum Gasteiger partial charge on any atom is -0.293 e. The van der Waals surface area contributed by atoms with Gasteiger partial charge in [0.05, 0.1) is 4.91 Å². The number of carbonyl (C=O) groups excluding carboxylic acids is 1. The van der Waals surface area contributed by atoms with E-state index in [9.17, 15) is 4.79 Å². The first-order valence-electron chi connectivity index (χ1n) is 6.78. The standard InChI is InChI=1S/C16H19NOS2/c1-5-8-17-15(18)14(20-16(17)19)12(4)13-7-6-10(2)11(3)9-13/h6-7,9H,5,8H2,1-4H3/b14-12-. The number of carbonyl (C=O) groups is 1. The highest BCUT2D eigenvalue weighted by Gasteiger charge is 2.32. The van der Waals surface area contributed by atoms with Crippen LogP contribution >= 0.6 is 24.0 Å². The first kappa shape index (κ1) is 15.3. The van der Waals surface area contributed by atoms with Gasteiger partial charge in [0.2, 0.25) is 0 Å². The molecule has 0 saturated carbocycles. The van der Waals surface area contributed by atoms with E-state index in [0.717, 1.165) is 22.5 Å². The second kappa shape index (κ2) is 6.10. The average Bonchev–Trinajstić information content (AvgIpc) is 2.69. The Morgan fingerprint density at radius 3 is 2.60 bits per heavy atom. The summed E-state index contributed by atoms with van der Waals surface area (Å²) in [6.45, 7) is 8.94. The van der Waals surface area contributed by atoms with E-state index in [1.807, 2.05) is 6.92 Å². The van der Waals surface area contributed by atoms with Gasteiger partial charge in [0.1, 0.15) is 4.32 Å². The fourth-order valence-electron chi connectivity index (χ4n) is 2.15. The molecule has 4 heteroatoms. The van der Waals surface area contributed by atoms with Crippen LogP contribution in [0.1, 0.15) is 37.0 Å². The maximum atomic E-state index is 12.4. The van der Waals surface area contributed by atoms with Gasteiger partial charge in [0, 0.05) is 6.54 Å². The van der Waals surface area contributed by atoms with E-state index in [4.69, 9.17) is 12.2 Å². The van der Waals surface area contributed by atoms with E-state index in [0.29, 0.717) is 10.9 Å². The molecule has 1 aromatic rings. The van der Waals surface area contributed by atoms with Crippen molar-refractivity contribution < 1.29 is 4.79 Å². The van der Waals surface area contributed by atoms with Gasteiger partial charge in [-0.05, 0) is 49.5 Å². The lowest BCUT2D eigenvalue weighted by Crippen LogP contribution is -2.28. The molecule has 1 aliphatic heterocycles. The minimum absolute atomic E-state index is 0.0533. The molecule has 0 aliphatic carbocycles. The number of hydrogen-bond donors (Lipinski definition) is 0. The van der Waals surface area contributed by atoms with Crippen LogP contribution < -0.4 is 0 Å². The maximum Gasteiger partial charge on any atom is 0.266 e. The van der Waals surface area contributed by atoms with E-state index >= 15 is 0 Å². The molecule has 1 amide bonds. The van der Waals surface area contributed by atoms with Crippen molar-refractivity contribution in [1.82, 2.24) is 4.90 Å². The van der Waals surface area contributed by atoms with Crippen LogP contribution in [-0.4, -0.2) is 21.7 Å². The van der Waals surface area contributed by atoms with Crippen LogP contribution in [0, 0.1) is 13.8 Å². The summed E-state index contributed by atoms with van der Waals surface area (Å²) in [7, 11) is 0. The normalized spacial score (nSPS) is 17.9. The molecule has 2 rings (SSSR count). The third-order valence-corrected chi connectivity index (χ3v) is 5.13. The molecular weight excluding hydrogens is 286 g/mol. The van der Waals surface area contributed by atoms with E-state index in [1.165, 1.54) is 22.9 Å². The summed E-state index contributed by atoms with van der Waals surface area (Å²) in [6.07, 6.45) is 0.919. The van der Waals surface area contributed by atoms with Crippen molar-refractivity contribution >= 4 is 39.8 Å². The van der Waals surface area contributed by atoms with E-state index in [2.05, 4.69) is 39.0 Å². The molecule has 0 atom stereocenters. The molecular formula is C16H19NOS2. The molecule has 2 nitrogen and oxygen atoms in total. The number of aryl methyl sites for hydroxylation is 2. The Hall–Kier alpha value is -1.13. The van der Waals surface area contributed by atoms with Gasteiger partial charge in [0.15, 0.2) is 0 Å². The van der Waals surface area contributed by atoms with Crippen LogP contribution in [0.3, 0.4) is 0 Å². The maximum absolute atomic E-state index is 12.4. The molecule has 20 heavy (non-hydrogen) atoms. The number of amides is 1. The Morgan fingerprint density at radius 2 is 2.00 bits per heavy atom. The minimum atomic E-state index is 0.0533. The highest BCUT2D eigenvalue weighted by atomic mass is 32.2. The first-order chi connectivity index (χ1) is 9.45. The van der Waals surface area contributed by atoms with Gasteiger partial charge >= 0.3 is 0 Å². The number of thiocarbonyl (C=S) groups is 1. The van der Waals surface area contributed by atoms with Gasteiger partial charge in [-0.1, -0.05) is 49.1 Å². The van der Waals surface area contributed by atoms with Crippen molar-refractivity contribution in [1.29, 1.82) is 0 Å².